The number of fused-ring (bicyclic) bond motifs is 6. The molecule has 4 aromatic heterocycles. The Bertz CT molecular complexity index is 3910. The molecule has 8 aromatic carbocycles. The predicted octanol–water partition coefficient (Wildman–Crippen LogP) is 16.3. The molecule has 9 heteroatoms. The third kappa shape index (κ3) is 6.98. The Morgan fingerprint density at radius 2 is 0.765 bits per heavy atom. The van der Waals surface area contributed by atoms with Crippen molar-refractivity contribution in [1.82, 2.24) is 19.1 Å². The molecule has 0 atom stereocenters. The zero-order valence-electron chi connectivity index (χ0n) is 35.9. The summed E-state index contributed by atoms with van der Waals surface area (Å²) in [4.78, 5) is 9.26. The lowest BCUT2D eigenvalue weighted by Crippen LogP contribution is -2.12. The van der Waals surface area contributed by atoms with E-state index in [-0.39, 0.29) is 16.8 Å². The number of pyridine rings is 2. The monoisotopic (exact) mass is 894 g/mol. The van der Waals surface area contributed by atoms with Gasteiger partial charge in [0.2, 0.25) is 0 Å². The molecule has 0 amide bonds. The van der Waals surface area contributed by atoms with E-state index in [2.05, 4.69) is 22.1 Å². The van der Waals surface area contributed by atoms with Gasteiger partial charge < -0.3 is 9.13 Å². The van der Waals surface area contributed by atoms with Crippen LogP contribution in [0.25, 0.3) is 111 Å². The van der Waals surface area contributed by atoms with Crippen molar-refractivity contribution in [2.24, 2.45) is 0 Å². The van der Waals surface area contributed by atoms with Gasteiger partial charge in [-0.2, -0.15) is 13.2 Å². The number of nitrogens with zero attached hydrogens (tertiary/aromatic N) is 4. The average Bonchev–Trinajstić information content (AvgIpc) is 3.88. The van der Waals surface area contributed by atoms with Crippen molar-refractivity contribution >= 4 is 43.6 Å². The average molecular weight is 895 g/mol. The molecule has 4 heterocycles. The highest BCUT2D eigenvalue weighted by molar-refractivity contribution is 6.13. The molecule has 0 aliphatic heterocycles. The van der Waals surface area contributed by atoms with Crippen molar-refractivity contribution in [3.8, 4) is 67.3 Å². The number of aromatic nitrogens is 4. The van der Waals surface area contributed by atoms with E-state index in [1.165, 1.54) is 6.07 Å². The van der Waals surface area contributed by atoms with Crippen LogP contribution in [0.3, 0.4) is 0 Å². The second-order valence-corrected chi connectivity index (χ2v) is 16.8. The SMILES string of the molecule is Fc1cc(F)cc(-c2cc(-n3c4ccccc4c4cc(-c5ccnc(-c6ccccc6)c5)ccc43)c(-n3c4ccccc4c4cc(-c5ccnc(-c6ccccc6)c5)ccc43)cc2C(F)(F)F)c1. The third-order valence-electron chi connectivity index (χ3n) is 12.7. The Labute approximate surface area is 386 Å². The summed E-state index contributed by atoms with van der Waals surface area (Å²) in [5, 5.41) is 3.38. The molecule has 0 fully saturated rings. The lowest BCUT2D eigenvalue weighted by molar-refractivity contribution is -0.137. The van der Waals surface area contributed by atoms with Crippen LogP contribution in [0.2, 0.25) is 0 Å². The standard InChI is InChI=1S/C59H35F5N4/c60-43-27-42(28-44(61)33-43)47-34-57(67-53-17-9-7-15-45(53)48-29-38(19-21-55(48)67)40-23-25-65-51(31-40)36-11-3-1-4-12-36)58(35-50(47)59(62,63)64)68-54-18-10-8-16-46(54)49-30-39(20-22-56(49)68)41-24-26-66-52(32-41)37-13-5-2-6-14-37/h1-35H. The maximum Gasteiger partial charge on any atom is 0.417 e. The molecule has 326 valence electrons. The number of hydrogen-bond acceptors (Lipinski definition) is 2. The van der Waals surface area contributed by atoms with E-state index in [0.29, 0.717) is 22.8 Å². The molecule has 12 rings (SSSR count). The van der Waals surface area contributed by atoms with Crippen molar-refractivity contribution < 1.29 is 22.0 Å². The first-order valence-corrected chi connectivity index (χ1v) is 22.0. The van der Waals surface area contributed by atoms with Crippen LogP contribution in [0.4, 0.5) is 22.0 Å². The molecule has 0 N–H and O–H groups in total. The Hall–Kier alpha value is -8.69. The smallest absolute Gasteiger partial charge is 0.307 e. The fraction of sp³-hybridized carbons (Fsp3) is 0.0169. The quantitative estimate of drug-likeness (QED) is 0.149. The summed E-state index contributed by atoms with van der Waals surface area (Å²) in [6.07, 6.45) is -1.37. The molecular formula is C59H35F5N4. The Kier molecular flexibility index (Phi) is 9.62. The van der Waals surface area contributed by atoms with E-state index in [0.717, 1.165) is 95.5 Å². The van der Waals surface area contributed by atoms with Gasteiger partial charge in [-0.25, -0.2) is 8.78 Å². The van der Waals surface area contributed by atoms with Gasteiger partial charge in [-0.05, 0) is 118 Å². The van der Waals surface area contributed by atoms with Gasteiger partial charge in [-0.1, -0.05) is 109 Å². The van der Waals surface area contributed by atoms with Crippen LogP contribution < -0.4 is 0 Å². The van der Waals surface area contributed by atoms with Gasteiger partial charge in [0.1, 0.15) is 11.6 Å². The molecule has 4 nitrogen and oxygen atoms in total. The van der Waals surface area contributed by atoms with Crippen LogP contribution in [0.15, 0.2) is 213 Å². The van der Waals surface area contributed by atoms with E-state index in [1.54, 1.807) is 12.4 Å². The second-order valence-electron chi connectivity index (χ2n) is 16.8. The number of benzene rings is 8. The highest BCUT2D eigenvalue weighted by Gasteiger charge is 2.36. The molecule has 0 bridgehead atoms. The lowest BCUT2D eigenvalue weighted by Gasteiger charge is -2.22. The Morgan fingerprint density at radius 3 is 1.25 bits per heavy atom. The van der Waals surface area contributed by atoms with E-state index in [9.17, 15) is 0 Å². The van der Waals surface area contributed by atoms with Gasteiger partial charge in [0, 0.05) is 51.1 Å². The summed E-state index contributed by atoms with van der Waals surface area (Å²) < 4.78 is 80.9. The fourth-order valence-corrected chi connectivity index (χ4v) is 9.70. The first-order valence-electron chi connectivity index (χ1n) is 22.0. The summed E-state index contributed by atoms with van der Waals surface area (Å²) >= 11 is 0. The predicted molar refractivity (Wildman–Crippen MR) is 263 cm³/mol. The molecular weight excluding hydrogens is 860 g/mol. The zero-order valence-corrected chi connectivity index (χ0v) is 35.9. The fourth-order valence-electron chi connectivity index (χ4n) is 9.70. The molecule has 12 aromatic rings. The van der Waals surface area contributed by atoms with Gasteiger partial charge in [0.15, 0.2) is 0 Å². The van der Waals surface area contributed by atoms with Crippen LogP contribution >= 0.6 is 0 Å². The molecule has 0 saturated heterocycles. The van der Waals surface area contributed by atoms with Gasteiger partial charge >= 0.3 is 6.18 Å². The maximum absolute atomic E-state index is 15.7. The minimum absolute atomic E-state index is 0.223. The number of alkyl halides is 3. The molecule has 0 spiro atoms. The molecule has 68 heavy (non-hydrogen) atoms. The molecule has 0 saturated carbocycles. The van der Waals surface area contributed by atoms with Crippen molar-refractivity contribution in [1.29, 1.82) is 0 Å². The van der Waals surface area contributed by atoms with E-state index in [1.807, 2.05) is 167 Å². The highest BCUT2D eigenvalue weighted by Crippen LogP contribution is 2.46. The van der Waals surface area contributed by atoms with Crippen LogP contribution in [0.1, 0.15) is 5.56 Å². The van der Waals surface area contributed by atoms with Crippen molar-refractivity contribution in [2.45, 2.75) is 6.18 Å². The summed E-state index contributed by atoms with van der Waals surface area (Å²) in [5.74, 6) is -1.98. The minimum atomic E-state index is -4.92. The van der Waals surface area contributed by atoms with Gasteiger partial charge in [-0.3, -0.25) is 9.97 Å². The van der Waals surface area contributed by atoms with Crippen LogP contribution in [0.5, 0.6) is 0 Å². The minimum Gasteiger partial charge on any atom is -0.307 e. The molecule has 0 aliphatic rings. The van der Waals surface area contributed by atoms with E-state index in [4.69, 9.17) is 0 Å². The lowest BCUT2D eigenvalue weighted by atomic mass is 9.96. The van der Waals surface area contributed by atoms with Crippen molar-refractivity contribution in [3.05, 3.63) is 230 Å². The van der Waals surface area contributed by atoms with E-state index < -0.39 is 23.4 Å². The number of rotatable bonds is 7. The summed E-state index contributed by atoms with van der Waals surface area (Å²) in [5.41, 5.74) is 9.02. The number of hydrogen-bond donors (Lipinski definition) is 0. The van der Waals surface area contributed by atoms with Crippen molar-refractivity contribution in [3.63, 3.8) is 0 Å². The summed E-state index contributed by atoms with van der Waals surface area (Å²) in [7, 11) is 0. The largest absolute Gasteiger partial charge is 0.417 e. The first-order chi connectivity index (χ1) is 33.2. The van der Waals surface area contributed by atoms with Crippen LogP contribution in [0, 0.1) is 11.6 Å². The zero-order chi connectivity index (χ0) is 46.1. The highest BCUT2D eigenvalue weighted by atomic mass is 19.4. The first kappa shape index (κ1) is 40.8. The molecule has 0 aliphatic carbocycles. The molecule has 0 unspecified atom stereocenters. The van der Waals surface area contributed by atoms with Crippen LogP contribution in [-0.2, 0) is 6.18 Å². The van der Waals surface area contributed by atoms with E-state index >= 15 is 22.0 Å². The summed E-state index contributed by atoms with van der Waals surface area (Å²) in [6, 6.07) is 60.3. The normalized spacial score (nSPS) is 11.9. The Balaban J connectivity index is 1.13. The molecule has 0 radical (unpaired) electrons. The summed E-state index contributed by atoms with van der Waals surface area (Å²) in [6.45, 7) is 0. The second kappa shape index (κ2) is 16.0. The van der Waals surface area contributed by atoms with Gasteiger partial charge in [0.05, 0.1) is 50.4 Å². The van der Waals surface area contributed by atoms with Gasteiger partial charge in [0.25, 0.3) is 0 Å². The maximum atomic E-state index is 15.7. The third-order valence-corrected chi connectivity index (χ3v) is 12.7. The topological polar surface area (TPSA) is 35.6 Å². The van der Waals surface area contributed by atoms with Crippen molar-refractivity contribution in [2.75, 3.05) is 0 Å². The number of para-hydroxylation sites is 2. The van der Waals surface area contributed by atoms with Gasteiger partial charge in [-0.15, -0.1) is 0 Å². The van der Waals surface area contributed by atoms with Crippen LogP contribution in [-0.4, -0.2) is 19.1 Å². The Morgan fingerprint density at radius 1 is 0.338 bits per heavy atom. The number of halogens is 5.